The average molecular weight is 257 g/mol. The summed E-state index contributed by atoms with van der Waals surface area (Å²) >= 11 is 0. The van der Waals surface area contributed by atoms with Crippen molar-refractivity contribution in [2.24, 2.45) is 5.73 Å². The van der Waals surface area contributed by atoms with Crippen molar-refractivity contribution in [2.75, 3.05) is 5.75 Å². The zero-order valence-corrected chi connectivity index (χ0v) is 10.9. The number of hydrogen-bond donors (Lipinski definition) is 1. The molecule has 1 fully saturated rings. The molecule has 2 N–H and O–H groups in total. The molecule has 1 aliphatic rings. The van der Waals surface area contributed by atoms with Crippen LogP contribution in [0, 0.1) is 0 Å². The van der Waals surface area contributed by atoms with E-state index in [1.54, 1.807) is 6.07 Å². The maximum atomic E-state index is 12.0. The largest absolute Gasteiger partial charge is 0.464 e. The fourth-order valence-corrected chi connectivity index (χ4v) is 4.35. The minimum Gasteiger partial charge on any atom is -0.464 e. The molecule has 2 rings (SSSR count). The van der Waals surface area contributed by atoms with Crippen molar-refractivity contribution >= 4 is 9.84 Å². The van der Waals surface area contributed by atoms with Crippen LogP contribution < -0.4 is 5.73 Å². The van der Waals surface area contributed by atoms with Crippen molar-refractivity contribution in [1.29, 1.82) is 0 Å². The maximum absolute atomic E-state index is 12.0. The molecule has 0 saturated carbocycles. The van der Waals surface area contributed by atoms with E-state index in [1.165, 1.54) is 0 Å². The Morgan fingerprint density at radius 1 is 1.47 bits per heavy atom. The molecule has 1 aromatic heterocycles. The second kappa shape index (κ2) is 4.82. The molecule has 2 heterocycles. The van der Waals surface area contributed by atoms with Crippen LogP contribution in [-0.4, -0.2) is 19.4 Å². The van der Waals surface area contributed by atoms with E-state index in [4.69, 9.17) is 10.2 Å². The highest BCUT2D eigenvalue weighted by atomic mass is 32.2. The van der Waals surface area contributed by atoms with Gasteiger partial charge in [0.25, 0.3) is 0 Å². The van der Waals surface area contributed by atoms with E-state index in [2.05, 4.69) is 0 Å². The lowest BCUT2D eigenvalue weighted by molar-refractivity contribution is 0.409. The number of furan rings is 1. The summed E-state index contributed by atoms with van der Waals surface area (Å²) < 4.78 is 29.5. The molecular weight excluding hydrogens is 238 g/mol. The van der Waals surface area contributed by atoms with Gasteiger partial charge >= 0.3 is 0 Å². The van der Waals surface area contributed by atoms with Crippen LogP contribution in [0.4, 0.5) is 0 Å². The standard InChI is InChI=1S/C12H19NO3S/c1-2-9-6-7-10(16-9)12(13)11-5-3-4-8-17(11,14)15/h6-7,11-12H,2-5,8,13H2,1H3. The van der Waals surface area contributed by atoms with Gasteiger partial charge in [0, 0.05) is 6.42 Å². The molecule has 4 nitrogen and oxygen atoms in total. The van der Waals surface area contributed by atoms with Crippen LogP contribution in [0.3, 0.4) is 0 Å². The van der Waals surface area contributed by atoms with Gasteiger partial charge in [-0.25, -0.2) is 8.42 Å². The second-order valence-corrected chi connectivity index (χ2v) is 6.92. The number of aryl methyl sites for hydroxylation is 1. The summed E-state index contributed by atoms with van der Waals surface area (Å²) in [5, 5.41) is -0.480. The van der Waals surface area contributed by atoms with Gasteiger partial charge in [-0.3, -0.25) is 0 Å². The molecule has 0 radical (unpaired) electrons. The van der Waals surface area contributed by atoms with Crippen LogP contribution in [0.5, 0.6) is 0 Å². The van der Waals surface area contributed by atoms with Crippen molar-refractivity contribution in [3.63, 3.8) is 0 Å². The van der Waals surface area contributed by atoms with Crippen molar-refractivity contribution in [3.05, 3.63) is 23.7 Å². The van der Waals surface area contributed by atoms with Crippen molar-refractivity contribution < 1.29 is 12.8 Å². The normalized spacial score (nSPS) is 25.6. The number of rotatable bonds is 3. The first-order valence-corrected chi connectivity index (χ1v) is 7.82. The van der Waals surface area contributed by atoms with E-state index in [-0.39, 0.29) is 5.75 Å². The van der Waals surface area contributed by atoms with Crippen LogP contribution >= 0.6 is 0 Å². The second-order valence-electron chi connectivity index (χ2n) is 4.58. The number of sulfone groups is 1. The Morgan fingerprint density at radius 2 is 2.24 bits per heavy atom. The highest BCUT2D eigenvalue weighted by Crippen LogP contribution is 2.30. The molecule has 1 saturated heterocycles. The van der Waals surface area contributed by atoms with Gasteiger partial charge < -0.3 is 10.2 Å². The number of hydrogen-bond acceptors (Lipinski definition) is 4. The van der Waals surface area contributed by atoms with E-state index in [9.17, 15) is 8.42 Å². The molecule has 0 amide bonds. The maximum Gasteiger partial charge on any atom is 0.155 e. The van der Waals surface area contributed by atoms with Crippen molar-refractivity contribution in [1.82, 2.24) is 0 Å². The van der Waals surface area contributed by atoms with Crippen LogP contribution in [0.1, 0.15) is 43.7 Å². The van der Waals surface area contributed by atoms with E-state index < -0.39 is 21.1 Å². The zero-order valence-electron chi connectivity index (χ0n) is 10.1. The molecule has 17 heavy (non-hydrogen) atoms. The monoisotopic (exact) mass is 257 g/mol. The Hall–Kier alpha value is -0.810. The van der Waals surface area contributed by atoms with Gasteiger partial charge in [-0.05, 0) is 25.0 Å². The summed E-state index contributed by atoms with van der Waals surface area (Å²) in [5.41, 5.74) is 6.04. The molecule has 0 spiro atoms. The minimum absolute atomic E-state index is 0.257. The van der Waals surface area contributed by atoms with Crippen molar-refractivity contribution in [2.45, 2.75) is 43.9 Å². The van der Waals surface area contributed by atoms with Gasteiger partial charge in [0.1, 0.15) is 11.5 Å². The van der Waals surface area contributed by atoms with Crippen molar-refractivity contribution in [3.8, 4) is 0 Å². The molecule has 0 bridgehead atoms. The minimum atomic E-state index is -3.05. The summed E-state index contributed by atoms with van der Waals surface area (Å²) in [6.07, 6.45) is 3.12. The van der Waals surface area contributed by atoms with Crippen LogP contribution in [0.25, 0.3) is 0 Å². The third-order valence-electron chi connectivity index (χ3n) is 3.39. The van der Waals surface area contributed by atoms with Gasteiger partial charge in [0.2, 0.25) is 0 Å². The van der Waals surface area contributed by atoms with Crippen LogP contribution in [0.15, 0.2) is 16.5 Å². The fourth-order valence-electron chi connectivity index (χ4n) is 2.33. The Labute approximate surface area is 102 Å². The first-order chi connectivity index (χ1) is 8.04. The first-order valence-electron chi connectivity index (χ1n) is 6.10. The van der Waals surface area contributed by atoms with Crippen LogP contribution in [0.2, 0.25) is 0 Å². The van der Waals surface area contributed by atoms with Gasteiger partial charge in [-0.15, -0.1) is 0 Å². The molecule has 5 heteroatoms. The Kier molecular flexibility index (Phi) is 3.58. The van der Waals surface area contributed by atoms with Gasteiger partial charge in [-0.2, -0.15) is 0 Å². The Morgan fingerprint density at radius 3 is 2.82 bits per heavy atom. The van der Waals surface area contributed by atoms with E-state index >= 15 is 0 Å². The predicted octanol–water partition coefficient (Wildman–Crippen LogP) is 1.81. The Bertz CT molecular complexity index is 478. The van der Waals surface area contributed by atoms with Crippen LogP contribution in [-0.2, 0) is 16.3 Å². The summed E-state index contributed by atoms with van der Waals surface area (Å²) in [7, 11) is -3.05. The average Bonchev–Trinajstić information content (AvgIpc) is 2.76. The summed E-state index contributed by atoms with van der Waals surface area (Å²) in [6.45, 7) is 1.99. The molecule has 2 unspecified atom stereocenters. The molecule has 96 valence electrons. The van der Waals surface area contributed by atoms with E-state index in [1.807, 2.05) is 13.0 Å². The predicted molar refractivity (Wildman–Crippen MR) is 66.4 cm³/mol. The molecular formula is C12H19NO3S. The highest BCUT2D eigenvalue weighted by Gasteiger charge is 2.35. The molecule has 1 aromatic rings. The molecule has 1 aliphatic heterocycles. The quantitative estimate of drug-likeness (QED) is 0.896. The molecule has 0 aromatic carbocycles. The molecule has 0 aliphatic carbocycles. The van der Waals surface area contributed by atoms with E-state index in [0.29, 0.717) is 12.2 Å². The van der Waals surface area contributed by atoms with E-state index in [0.717, 1.165) is 25.0 Å². The zero-order chi connectivity index (χ0) is 12.5. The van der Waals surface area contributed by atoms with Gasteiger partial charge in [0.05, 0.1) is 17.0 Å². The Balaban J connectivity index is 2.21. The number of nitrogens with two attached hydrogens (primary N) is 1. The summed E-state index contributed by atoms with van der Waals surface area (Å²) in [6, 6.07) is 3.14. The topological polar surface area (TPSA) is 73.3 Å². The summed E-state index contributed by atoms with van der Waals surface area (Å²) in [5.74, 6) is 1.70. The van der Waals surface area contributed by atoms with Gasteiger partial charge in [-0.1, -0.05) is 13.3 Å². The molecule has 2 atom stereocenters. The third kappa shape index (κ3) is 2.55. The lowest BCUT2D eigenvalue weighted by atomic mass is 10.1. The lowest BCUT2D eigenvalue weighted by Crippen LogP contribution is -2.37. The van der Waals surface area contributed by atoms with Gasteiger partial charge in [0.15, 0.2) is 9.84 Å². The first kappa shape index (κ1) is 12.6. The highest BCUT2D eigenvalue weighted by molar-refractivity contribution is 7.92. The lowest BCUT2D eigenvalue weighted by Gasteiger charge is -2.26. The third-order valence-corrected chi connectivity index (χ3v) is 5.70. The fraction of sp³-hybridized carbons (Fsp3) is 0.667. The smallest absolute Gasteiger partial charge is 0.155 e. The SMILES string of the molecule is CCc1ccc(C(N)C2CCCCS2(=O)=O)o1. The summed E-state index contributed by atoms with van der Waals surface area (Å²) in [4.78, 5) is 0.